The van der Waals surface area contributed by atoms with Gasteiger partial charge in [-0.3, -0.25) is 14.4 Å². The van der Waals surface area contributed by atoms with E-state index in [0.29, 0.717) is 38.8 Å². The van der Waals surface area contributed by atoms with Gasteiger partial charge in [0.25, 0.3) is 0 Å². The van der Waals surface area contributed by atoms with Gasteiger partial charge in [-0.25, -0.2) is 4.79 Å². The number of hydrogen-bond acceptors (Lipinski definition) is 7. The minimum Gasteiger partial charge on any atom is -0.480 e. The fraction of sp³-hybridized carbons (Fsp3) is 0.765. The third-order valence-electron chi connectivity index (χ3n) is 4.67. The number of carboxylic acids is 1. The molecular weight excluding hydrogens is 370 g/mol. The van der Waals surface area contributed by atoms with Crippen molar-refractivity contribution < 1.29 is 29.4 Å². The molecule has 1 aliphatic rings. The largest absolute Gasteiger partial charge is 0.480 e. The Morgan fingerprint density at radius 1 is 1.25 bits per heavy atom. The molecule has 0 bridgehead atoms. The lowest BCUT2D eigenvalue weighted by atomic mass is 10.1. The molecule has 0 spiro atoms. The van der Waals surface area contributed by atoms with Gasteiger partial charge in [0, 0.05) is 6.54 Å². The summed E-state index contributed by atoms with van der Waals surface area (Å²) in [5.74, 6) is -2.81. The molecule has 0 saturated carbocycles. The number of aliphatic carboxylic acids is 1. The Hall–Kier alpha value is -2.24. The molecule has 11 heteroatoms. The zero-order valence-electron chi connectivity index (χ0n) is 16.1. The summed E-state index contributed by atoms with van der Waals surface area (Å²) in [7, 11) is 0. The molecule has 1 rings (SSSR count). The number of hydrogen-bond donors (Lipinski definition) is 6. The second kappa shape index (κ2) is 11.6. The van der Waals surface area contributed by atoms with Gasteiger partial charge in [-0.2, -0.15) is 0 Å². The molecule has 4 unspecified atom stereocenters. The zero-order valence-corrected chi connectivity index (χ0v) is 16.1. The van der Waals surface area contributed by atoms with Crippen molar-refractivity contribution in [1.82, 2.24) is 15.5 Å². The van der Waals surface area contributed by atoms with E-state index >= 15 is 0 Å². The van der Waals surface area contributed by atoms with Crippen molar-refractivity contribution in [3.8, 4) is 0 Å². The Labute approximate surface area is 163 Å². The van der Waals surface area contributed by atoms with Gasteiger partial charge in [0.05, 0.1) is 12.6 Å². The van der Waals surface area contributed by atoms with Crippen molar-refractivity contribution >= 4 is 23.7 Å². The summed E-state index contributed by atoms with van der Waals surface area (Å²) in [6.45, 7) is 1.77. The first kappa shape index (κ1) is 23.8. The highest BCUT2D eigenvalue weighted by atomic mass is 16.4. The summed E-state index contributed by atoms with van der Waals surface area (Å²) < 4.78 is 0. The average Bonchev–Trinajstić information content (AvgIpc) is 3.14. The number of aliphatic hydroxyl groups excluding tert-OH is 1. The van der Waals surface area contributed by atoms with E-state index in [-0.39, 0.29) is 13.0 Å². The summed E-state index contributed by atoms with van der Waals surface area (Å²) in [6, 6.07) is -2.98. The normalized spacial score (nSPS) is 19.6. The van der Waals surface area contributed by atoms with Crippen LogP contribution in [0, 0.1) is 0 Å². The maximum atomic E-state index is 12.5. The smallest absolute Gasteiger partial charge is 0.326 e. The maximum absolute atomic E-state index is 12.5. The molecule has 0 aromatic heterocycles. The predicted molar refractivity (Wildman–Crippen MR) is 99.9 cm³/mol. The minimum absolute atomic E-state index is 0.256. The Kier molecular flexibility index (Phi) is 9.83. The predicted octanol–water partition coefficient (Wildman–Crippen LogP) is -2.50. The van der Waals surface area contributed by atoms with Crippen LogP contribution < -0.4 is 22.1 Å². The number of carbonyl (C=O) groups is 4. The van der Waals surface area contributed by atoms with Crippen molar-refractivity contribution in [1.29, 1.82) is 0 Å². The molecule has 8 N–H and O–H groups in total. The molecule has 1 fully saturated rings. The van der Waals surface area contributed by atoms with Crippen molar-refractivity contribution in [2.24, 2.45) is 11.5 Å². The summed E-state index contributed by atoms with van der Waals surface area (Å²) in [5.41, 5.74) is 10.9. The van der Waals surface area contributed by atoms with Gasteiger partial charge in [-0.15, -0.1) is 0 Å². The number of unbranched alkanes of at least 4 members (excludes halogenated alkanes) is 1. The van der Waals surface area contributed by atoms with Crippen molar-refractivity contribution in [2.75, 3.05) is 19.6 Å². The Bertz CT molecular complexity index is 570. The van der Waals surface area contributed by atoms with Crippen LogP contribution in [0.2, 0.25) is 0 Å². The highest BCUT2D eigenvalue weighted by Gasteiger charge is 2.35. The number of nitrogens with one attached hydrogen (secondary N) is 2. The Balaban J connectivity index is 2.62. The monoisotopic (exact) mass is 401 g/mol. The van der Waals surface area contributed by atoms with Gasteiger partial charge < -0.3 is 37.2 Å². The Morgan fingerprint density at radius 3 is 2.50 bits per heavy atom. The molecule has 160 valence electrons. The highest BCUT2D eigenvalue weighted by molar-refractivity contribution is 5.93. The van der Waals surface area contributed by atoms with E-state index in [1.807, 2.05) is 0 Å². The summed E-state index contributed by atoms with van der Waals surface area (Å²) in [5, 5.41) is 23.4. The first-order chi connectivity index (χ1) is 13.2. The van der Waals surface area contributed by atoms with E-state index in [9.17, 15) is 29.4 Å². The summed E-state index contributed by atoms with van der Waals surface area (Å²) in [4.78, 5) is 49.3. The van der Waals surface area contributed by atoms with Crippen LogP contribution in [-0.2, 0) is 19.2 Å². The van der Waals surface area contributed by atoms with Crippen LogP contribution in [0.1, 0.15) is 39.0 Å². The van der Waals surface area contributed by atoms with E-state index < -0.39 is 47.9 Å². The number of carbonyl (C=O) groups excluding carboxylic acids is 3. The molecule has 3 amide bonds. The van der Waals surface area contributed by atoms with Gasteiger partial charge in [0.1, 0.15) is 18.1 Å². The van der Waals surface area contributed by atoms with Crippen molar-refractivity contribution in [3.63, 3.8) is 0 Å². The van der Waals surface area contributed by atoms with Crippen LogP contribution in [0.15, 0.2) is 0 Å². The topological polar surface area (TPSA) is 188 Å². The van der Waals surface area contributed by atoms with Crippen molar-refractivity contribution in [3.05, 3.63) is 0 Å². The van der Waals surface area contributed by atoms with Crippen LogP contribution in [-0.4, -0.2) is 82.7 Å². The van der Waals surface area contributed by atoms with Gasteiger partial charge in [0.2, 0.25) is 17.7 Å². The molecule has 28 heavy (non-hydrogen) atoms. The third-order valence-corrected chi connectivity index (χ3v) is 4.67. The van der Waals surface area contributed by atoms with E-state index in [2.05, 4.69) is 10.6 Å². The molecule has 11 nitrogen and oxygen atoms in total. The highest BCUT2D eigenvalue weighted by Crippen LogP contribution is 2.18. The third kappa shape index (κ3) is 7.06. The zero-order chi connectivity index (χ0) is 21.3. The molecule has 0 aromatic rings. The maximum Gasteiger partial charge on any atom is 0.326 e. The first-order valence-corrected chi connectivity index (χ1v) is 9.43. The van der Waals surface area contributed by atoms with Gasteiger partial charge in [-0.1, -0.05) is 0 Å². The van der Waals surface area contributed by atoms with E-state index in [1.54, 1.807) is 0 Å². The number of nitrogens with two attached hydrogens (primary N) is 2. The lowest BCUT2D eigenvalue weighted by molar-refractivity contribution is -0.144. The molecule has 1 heterocycles. The number of amides is 3. The number of likely N-dealkylation sites (tertiary alicyclic amines) is 1. The molecule has 1 saturated heterocycles. The standard InChI is InChI=1S/C17H31N5O6/c1-10(23)14(19)16(26)20-9-13(24)22-8-4-6-12(22)15(25)21-11(17(27)28)5-2-3-7-18/h10-12,14,23H,2-9,18-19H2,1H3,(H,20,26)(H,21,25)(H,27,28). The van der Waals surface area contributed by atoms with Crippen LogP contribution >= 0.6 is 0 Å². The first-order valence-electron chi connectivity index (χ1n) is 9.43. The minimum atomic E-state index is -1.16. The van der Waals surface area contributed by atoms with Crippen LogP contribution in [0.3, 0.4) is 0 Å². The van der Waals surface area contributed by atoms with Crippen molar-refractivity contribution in [2.45, 2.75) is 63.3 Å². The molecule has 1 aliphatic heterocycles. The lowest BCUT2D eigenvalue weighted by Crippen LogP contribution is -2.54. The Morgan fingerprint density at radius 2 is 1.93 bits per heavy atom. The van der Waals surface area contributed by atoms with Crippen LogP contribution in [0.5, 0.6) is 0 Å². The van der Waals surface area contributed by atoms with Gasteiger partial charge in [-0.05, 0) is 45.6 Å². The fourth-order valence-corrected chi connectivity index (χ4v) is 2.96. The quantitative estimate of drug-likeness (QED) is 0.205. The molecule has 0 aliphatic carbocycles. The second-order valence-corrected chi connectivity index (χ2v) is 6.91. The van der Waals surface area contributed by atoms with Crippen LogP contribution in [0.25, 0.3) is 0 Å². The van der Waals surface area contributed by atoms with E-state index in [0.717, 1.165) is 0 Å². The number of aliphatic hydroxyl groups is 1. The van der Waals surface area contributed by atoms with Gasteiger partial charge >= 0.3 is 5.97 Å². The van der Waals surface area contributed by atoms with Gasteiger partial charge in [0.15, 0.2) is 0 Å². The fourth-order valence-electron chi connectivity index (χ4n) is 2.96. The van der Waals surface area contributed by atoms with E-state index in [1.165, 1.54) is 11.8 Å². The molecule has 0 radical (unpaired) electrons. The number of rotatable bonds is 11. The second-order valence-electron chi connectivity index (χ2n) is 6.91. The average molecular weight is 401 g/mol. The SMILES string of the molecule is CC(O)C(N)C(=O)NCC(=O)N1CCCC1C(=O)NC(CCCCN)C(=O)O. The summed E-state index contributed by atoms with van der Waals surface area (Å²) in [6.07, 6.45) is 1.42. The lowest BCUT2D eigenvalue weighted by Gasteiger charge is -2.26. The summed E-state index contributed by atoms with van der Waals surface area (Å²) >= 11 is 0. The molecule has 4 atom stereocenters. The molecular formula is C17H31N5O6. The number of nitrogens with zero attached hydrogens (tertiary/aromatic N) is 1. The molecule has 0 aromatic carbocycles. The number of carboxylic acid groups (broad SMARTS) is 1. The van der Waals surface area contributed by atoms with Crippen LogP contribution in [0.4, 0.5) is 0 Å². The van der Waals surface area contributed by atoms with E-state index in [4.69, 9.17) is 11.5 Å².